The van der Waals surface area contributed by atoms with Crippen LogP contribution in [0.2, 0.25) is 0 Å². The van der Waals surface area contributed by atoms with E-state index < -0.39 is 0 Å². The van der Waals surface area contributed by atoms with Gasteiger partial charge in [0.1, 0.15) is 17.7 Å². The molecule has 3 aliphatic rings. The Balaban J connectivity index is 1.17. The first kappa shape index (κ1) is 21.7. The number of hydrogen-bond acceptors (Lipinski definition) is 6. The van der Waals surface area contributed by atoms with Crippen LogP contribution in [0.1, 0.15) is 6.42 Å². The van der Waals surface area contributed by atoms with Gasteiger partial charge in [0.2, 0.25) is 0 Å². The van der Waals surface area contributed by atoms with Gasteiger partial charge in [0.15, 0.2) is 0 Å². The molecule has 2 aromatic heterocycles. The van der Waals surface area contributed by atoms with Gasteiger partial charge in [0.05, 0.1) is 21.2 Å². The van der Waals surface area contributed by atoms with Crippen molar-refractivity contribution in [2.45, 2.75) is 12.5 Å². The zero-order chi connectivity index (χ0) is 24.2. The van der Waals surface area contributed by atoms with Crippen molar-refractivity contribution >= 4 is 43.8 Å². The lowest BCUT2D eigenvalue weighted by Crippen LogP contribution is -2.59. The third kappa shape index (κ3) is 3.79. The number of nitrogens with one attached hydrogen (secondary N) is 1. The number of nitrogens with zero attached hydrogens (tertiary/aromatic N) is 3. The summed E-state index contributed by atoms with van der Waals surface area (Å²) in [6, 6.07) is 19.2. The zero-order valence-corrected chi connectivity index (χ0v) is 20.6. The predicted octanol–water partition coefficient (Wildman–Crippen LogP) is 6.72. The first-order valence-electron chi connectivity index (χ1n) is 12.2. The molecule has 3 fully saturated rings. The maximum atomic E-state index is 15.3. The fraction of sp³-hybridized carbons (Fsp3) is 0.241. The van der Waals surface area contributed by atoms with Gasteiger partial charge in [-0.2, -0.15) is 0 Å². The van der Waals surface area contributed by atoms with Crippen molar-refractivity contribution in [2.75, 3.05) is 25.5 Å². The van der Waals surface area contributed by atoms with Crippen LogP contribution < -0.4 is 10.1 Å². The molecule has 180 valence electrons. The second-order valence-electron chi connectivity index (χ2n) is 9.95. The molecule has 0 spiro atoms. The van der Waals surface area contributed by atoms with Crippen LogP contribution in [-0.4, -0.2) is 41.1 Å². The smallest absolute Gasteiger partial charge is 0.134 e. The number of hydrogen-bond donors (Lipinski definition) is 1. The van der Waals surface area contributed by atoms with Crippen LogP contribution in [0.25, 0.3) is 32.2 Å². The molecule has 8 rings (SSSR count). The molecule has 2 aliphatic heterocycles. The molecule has 2 unspecified atom stereocenters. The molecule has 5 nitrogen and oxygen atoms in total. The molecule has 1 saturated carbocycles. The van der Waals surface area contributed by atoms with Crippen molar-refractivity contribution in [3.05, 3.63) is 78.2 Å². The van der Waals surface area contributed by atoms with E-state index in [0.717, 1.165) is 51.1 Å². The SMILES string of the molecule is CN1CC2CC(C1)C2Oc1ccc(-c2ccc3nccc(Nc4ccc5scnc5c4)c3c2)c(F)c1. The molecule has 2 atom stereocenters. The summed E-state index contributed by atoms with van der Waals surface area (Å²) in [5.41, 5.74) is 6.89. The molecular formula is C29H25FN4OS. The summed E-state index contributed by atoms with van der Waals surface area (Å²) in [4.78, 5) is 11.3. The summed E-state index contributed by atoms with van der Waals surface area (Å²) in [5.74, 6) is 1.43. The molecule has 3 aromatic carbocycles. The third-order valence-corrected chi connectivity index (χ3v) is 8.31. The molecular weight excluding hydrogens is 471 g/mol. The fourth-order valence-electron chi connectivity index (χ4n) is 5.74. The molecule has 36 heavy (non-hydrogen) atoms. The van der Waals surface area contributed by atoms with Crippen LogP contribution >= 0.6 is 11.3 Å². The van der Waals surface area contributed by atoms with E-state index in [0.29, 0.717) is 23.1 Å². The maximum Gasteiger partial charge on any atom is 0.134 e. The molecule has 4 heterocycles. The van der Waals surface area contributed by atoms with Crippen LogP contribution in [-0.2, 0) is 0 Å². The van der Waals surface area contributed by atoms with E-state index >= 15 is 4.39 Å². The van der Waals surface area contributed by atoms with Crippen LogP contribution in [0.5, 0.6) is 5.75 Å². The van der Waals surface area contributed by atoms with E-state index in [2.05, 4.69) is 33.3 Å². The molecule has 2 saturated heterocycles. The minimum Gasteiger partial charge on any atom is -0.490 e. The third-order valence-electron chi connectivity index (χ3n) is 7.50. The van der Waals surface area contributed by atoms with Crippen molar-refractivity contribution in [2.24, 2.45) is 11.8 Å². The normalized spacial score (nSPS) is 21.4. The minimum absolute atomic E-state index is 0.204. The quantitative estimate of drug-likeness (QED) is 0.293. The lowest BCUT2D eigenvalue weighted by Gasteiger charge is -2.52. The van der Waals surface area contributed by atoms with E-state index in [1.54, 1.807) is 17.5 Å². The van der Waals surface area contributed by atoms with Gasteiger partial charge in [0.25, 0.3) is 0 Å². The lowest BCUT2D eigenvalue weighted by atomic mass is 9.68. The molecule has 1 N–H and O–H groups in total. The molecule has 0 amide bonds. The Morgan fingerprint density at radius 2 is 1.86 bits per heavy atom. The van der Waals surface area contributed by atoms with Crippen molar-refractivity contribution < 1.29 is 9.13 Å². The number of rotatable bonds is 5. The molecule has 5 aromatic rings. The average Bonchev–Trinajstić information content (AvgIpc) is 3.35. The Bertz CT molecular complexity index is 1590. The van der Waals surface area contributed by atoms with Gasteiger partial charge in [0, 0.05) is 59.5 Å². The highest BCUT2D eigenvalue weighted by Gasteiger charge is 2.47. The Hall–Kier alpha value is -3.55. The van der Waals surface area contributed by atoms with Crippen LogP contribution in [0.4, 0.5) is 15.8 Å². The Kier molecular flexibility index (Phi) is 5.15. The molecule has 0 radical (unpaired) electrons. The largest absolute Gasteiger partial charge is 0.490 e. The van der Waals surface area contributed by atoms with Crippen molar-refractivity contribution in [1.82, 2.24) is 14.9 Å². The van der Waals surface area contributed by atoms with E-state index in [-0.39, 0.29) is 11.9 Å². The predicted molar refractivity (Wildman–Crippen MR) is 144 cm³/mol. The highest BCUT2D eigenvalue weighted by Crippen LogP contribution is 2.42. The Morgan fingerprint density at radius 3 is 2.72 bits per heavy atom. The van der Waals surface area contributed by atoms with Crippen molar-refractivity contribution in [3.63, 3.8) is 0 Å². The van der Waals surface area contributed by atoms with Gasteiger partial charge >= 0.3 is 0 Å². The number of halogens is 1. The number of anilines is 2. The number of thiazole rings is 1. The van der Waals surface area contributed by atoms with Gasteiger partial charge in [-0.1, -0.05) is 6.07 Å². The standard InChI is InChI=1S/C29H25FN4OS/c1-34-14-18-10-19(15-34)29(18)35-21-4-5-22(24(30)13-21)17-2-6-25-23(11-17)26(8-9-31-25)33-20-3-7-28-27(12-20)32-16-36-28/h2-9,11-13,16,18-19,29H,10,14-15H2,1H3,(H,31,33). The van der Waals surface area contributed by atoms with E-state index in [1.807, 2.05) is 54.0 Å². The van der Waals surface area contributed by atoms with Crippen LogP contribution in [0.15, 0.2) is 72.4 Å². The van der Waals surface area contributed by atoms with Crippen molar-refractivity contribution in [1.29, 1.82) is 0 Å². The second-order valence-corrected chi connectivity index (χ2v) is 10.8. The summed E-state index contributed by atoms with van der Waals surface area (Å²) in [7, 11) is 2.16. The van der Waals surface area contributed by atoms with E-state index in [9.17, 15) is 0 Å². The monoisotopic (exact) mass is 496 g/mol. The number of pyridine rings is 1. The second kappa shape index (κ2) is 8.54. The Morgan fingerprint density at radius 1 is 0.972 bits per heavy atom. The first-order valence-corrected chi connectivity index (χ1v) is 13.1. The summed E-state index contributed by atoms with van der Waals surface area (Å²) in [5, 5.41) is 4.43. The number of benzene rings is 3. The van der Waals surface area contributed by atoms with Gasteiger partial charge < -0.3 is 15.0 Å². The van der Waals surface area contributed by atoms with Crippen molar-refractivity contribution in [3.8, 4) is 16.9 Å². The molecule has 1 aliphatic carbocycles. The van der Waals surface area contributed by atoms with E-state index in [1.165, 1.54) is 12.5 Å². The highest BCUT2D eigenvalue weighted by atomic mass is 32.1. The molecule has 2 bridgehead atoms. The summed E-state index contributed by atoms with van der Waals surface area (Å²) >= 11 is 1.62. The van der Waals surface area contributed by atoms with Crippen LogP contribution in [0.3, 0.4) is 0 Å². The topological polar surface area (TPSA) is 50.3 Å². The summed E-state index contributed by atoms with van der Waals surface area (Å²) < 4.78 is 22.7. The summed E-state index contributed by atoms with van der Waals surface area (Å²) in [6.07, 6.45) is 3.20. The Labute approximate surface area is 212 Å². The number of fused-ring (bicyclic) bond motifs is 4. The highest BCUT2D eigenvalue weighted by molar-refractivity contribution is 7.16. The fourth-order valence-corrected chi connectivity index (χ4v) is 6.40. The first-order chi connectivity index (χ1) is 17.6. The van der Waals surface area contributed by atoms with Gasteiger partial charge in [-0.15, -0.1) is 11.3 Å². The average molecular weight is 497 g/mol. The summed E-state index contributed by atoms with van der Waals surface area (Å²) in [6.45, 7) is 2.11. The lowest BCUT2D eigenvalue weighted by molar-refractivity contribution is -0.0853. The molecule has 7 heteroatoms. The maximum absolute atomic E-state index is 15.3. The van der Waals surface area contributed by atoms with Gasteiger partial charge in [-0.3, -0.25) is 4.98 Å². The minimum atomic E-state index is -0.277. The van der Waals surface area contributed by atoms with Crippen LogP contribution in [0, 0.1) is 17.7 Å². The zero-order valence-electron chi connectivity index (χ0n) is 19.8. The van der Waals surface area contributed by atoms with Gasteiger partial charge in [-0.25, -0.2) is 9.37 Å². The van der Waals surface area contributed by atoms with E-state index in [4.69, 9.17) is 4.74 Å². The number of piperidine rings is 2. The number of aromatic nitrogens is 2. The van der Waals surface area contributed by atoms with Gasteiger partial charge in [-0.05, 0) is 67.6 Å². The number of ether oxygens (including phenoxy) is 1.